The molecule has 0 aliphatic carbocycles. The monoisotopic (exact) mass is 478 g/mol. The van der Waals surface area contributed by atoms with E-state index in [9.17, 15) is 4.79 Å². The first kappa shape index (κ1) is 23.3. The van der Waals surface area contributed by atoms with Crippen LogP contribution in [0.3, 0.4) is 0 Å². The number of likely N-dealkylation sites (tertiary alicyclic amines) is 1. The SMILES string of the molecule is CC(C)C1ON(OC(=O)COc2ccc(Cl)cc2Cl)C(OC2CCN(C)CC2)=C1Cl. The van der Waals surface area contributed by atoms with E-state index in [1.54, 1.807) is 12.1 Å². The van der Waals surface area contributed by atoms with Crippen LogP contribution in [0.25, 0.3) is 0 Å². The van der Waals surface area contributed by atoms with E-state index in [0.29, 0.717) is 20.8 Å². The second kappa shape index (κ2) is 10.3. The van der Waals surface area contributed by atoms with E-state index in [4.69, 9.17) is 54.0 Å². The zero-order valence-corrected chi connectivity index (χ0v) is 19.3. The van der Waals surface area contributed by atoms with E-state index in [0.717, 1.165) is 31.2 Å². The predicted octanol–water partition coefficient (Wildman–Crippen LogP) is 4.62. The summed E-state index contributed by atoms with van der Waals surface area (Å²) in [6, 6.07) is 4.71. The molecule has 166 valence electrons. The Morgan fingerprint density at radius 1 is 1.23 bits per heavy atom. The van der Waals surface area contributed by atoms with Crippen LogP contribution in [0.15, 0.2) is 29.1 Å². The van der Waals surface area contributed by atoms with Crippen LogP contribution < -0.4 is 4.74 Å². The summed E-state index contributed by atoms with van der Waals surface area (Å²) in [6.07, 6.45) is 1.18. The molecule has 1 atom stereocenters. The fraction of sp³-hybridized carbons (Fsp3) is 0.550. The highest BCUT2D eigenvalue weighted by molar-refractivity contribution is 6.35. The van der Waals surface area contributed by atoms with Crippen molar-refractivity contribution in [1.82, 2.24) is 10.1 Å². The average molecular weight is 480 g/mol. The summed E-state index contributed by atoms with van der Waals surface area (Å²) >= 11 is 18.4. The van der Waals surface area contributed by atoms with Crippen molar-refractivity contribution in [2.24, 2.45) is 5.92 Å². The van der Waals surface area contributed by atoms with Crippen LogP contribution in [-0.2, 0) is 19.2 Å². The molecule has 2 heterocycles. The van der Waals surface area contributed by atoms with Crippen LogP contribution in [0.4, 0.5) is 0 Å². The van der Waals surface area contributed by atoms with Gasteiger partial charge >= 0.3 is 5.97 Å². The number of nitrogens with zero attached hydrogens (tertiary/aromatic N) is 2. The molecule has 7 nitrogen and oxygen atoms in total. The summed E-state index contributed by atoms with van der Waals surface area (Å²) in [7, 11) is 2.07. The highest BCUT2D eigenvalue weighted by atomic mass is 35.5. The summed E-state index contributed by atoms with van der Waals surface area (Å²) < 4.78 is 11.5. The minimum absolute atomic E-state index is 0.0372. The van der Waals surface area contributed by atoms with Crippen LogP contribution in [0, 0.1) is 5.92 Å². The van der Waals surface area contributed by atoms with Crippen LogP contribution in [0.2, 0.25) is 10.0 Å². The van der Waals surface area contributed by atoms with Gasteiger partial charge < -0.3 is 19.2 Å². The van der Waals surface area contributed by atoms with E-state index in [-0.39, 0.29) is 24.5 Å². The Bertz CT molecular complexity index is 797. The molecule has 0 aromatic heterocycles. The lowest BCUT2D eigenvalue weighted by Crippen LogP contribution is -2.36. The third-order valence-corrected chi connectivity index (χ3v) is 5.71. The maximum Gasteiger partial charge on any atom is 0.372 e. The number of piperidine rings is 1. The first-order valence-electron chi connectivity index (χ1n) is 9.75. The van der Waals surface area contributed by atoms with Crippen molar-refractivity contribution in [1.29, 1.82) is 0 Å². The molecule has 2 aliphatic heterocycles. The Hall–Kier alpha value is -1.38. The second-order valence-electron chi connectivity index (χ2n) is 7.63. The first-order chi connectivity index (χ1) is 14.2. The maximum atomic E-state index is 12.3. The Kier molecular flexibility index (Phi) is 7.98. The molecule has 0 saturated carbocycles. The molecule has 0 radical (unpaired) electrons. The zero-order chi connectivity index (χ0) is 21.8. The fourth-order valence-corrected chi connectivity index (χ4v) is 3.96. The van der Waals surface area contributed by atoms with Crippen molar-refractivity contribution in [2.45, 2.75) is 38.9 Å². The topological polar surface area (TPSA) is 60.5 Å². The molecule has 30 heavy (non-hydrogen) atoms. The predicted molar refractivity (Wildman–Crippen MR) is 114 cm³/mol. The van der Waals surface area contributed by atoms with E-state index in [1.807, 2.05) is 13.8 Å². The summed E-state index contributed by atoms with van der Waals surface area (Å²) in [5.74, 6) is -0.111. The number of hydroxylamine groups is 2. The minimum Gasteiger partial charge on any atom is -0.480 e. The van der Waals surface area contributed by atoms with Gasteiger partial charge in [-0.05, 0) is 49.2 Å². The first-order valence-corrected chi connectivity index (χ1v) is 10.9. The van der Waals surface area contributed by atoms with E-state index in [1.165, 1.54) is 6.07 Å². The maximum absolute atomic E-state index is 12.3. The van der Waals surface area contributed by atoms with Crippen molar-refractivity contribution >= 4 is 40.8 Å². The molecular formula is C20H25Cl3N2O5. The average Bonchev–Trinajstić information content (AvgIpc) is 2.99. The largest absolute Gasteiger partial charge is 0.480 e. The summed E-state index contributed by atoms with van der Waals surface area (Å²) in [6.45, 7) is 5.36. The van der Waals surface area contributed by atoms with Crippen LogP contribution in [0.5, 0.6) is 5.75 Å². The van der Waals surface area contributed by atoms with E-state index >= 15 is 0 Å². The fourth-order valence-electron chi connectivity index (χ4n) is 3.09. The van der Waals surface area contributed by atoms with Gasteiger partial charge in [0.15, 0.2) is 6.61 Å². The molecule has 1 aromatic carbocycles. The molecule has 1 saturated heterocycles. The highest BCUT2D eigenvalue weighted by Gasteiger charge is 2.40. The van der Waals surface area contributed by atoms with Gasteiger partial charge in [-0.3, -0.25) is 0 Å². The molecular weight excluding hydrogens is 455 g/mol. The Balaban J connectivity index is 1.62. The van der Waals surface area contributed by atoms with Crippen LogP contribution >= 0.6 is 34.8 Å². The number of hydrogen-bond donors (Lipinski definition) is 0. The van der Waals surface area contributed by atoms with Gasteiger partial charge in [-0.1, -0.05) is 48.7 Å². The van der Waals surface area contributed by atoms with Gasteiger partial charge in [0, 0.05) is 18.1 Å². The molecule has 1 fully saturated rings. The molecule has 0 spiro atoms. The van der Waals surface area contributed by atoms with Gasteiger partial charge in [-0.15, -0.1) is 0 Å². The molecule has 10 heteroatoms. The minimum atomic E-state index is -0.695. The van der Waals surface area contributed by atoms with Crippen molar-refractivity contribution in [3.05, 3.63) is 39.2 Å². The molecule has 3 rings (SSSR count). The number of halogens is 3. The molecule has 0 amide bonds. The third kappa shape index (κ3) is 5.86. The van der Waals surface area contributed by atoms with Crippen molar-refractivity contribution in [2.75, 3.05) is 26.7 Å². The van der Waals surface area contributed by atoms with Gasteiger partial charge in [0.25, 0.3) is 5.88 Å². The van der Waals surface area contributed by atoms with E-state index in [2.05, 4.69) is 11.9 Å². The Labute approximate surface area is 191 Å². The second-order valence-corrected chi connectivity index (χ2v) is 8.88. The number of carbonyl (C=O) groups is 1. The highest BCUT2D eigenvalue weighted by Crippen LogP contribution is 2.36. The third-order valence-electron chi connectivity index (χ3n) is 4.80. The molecule has 0 bridgehead atoms. The van der Waals surface area contributed by atoms with Crippen molar-refractivity contribution in [3.63, 3.8) is 0 Å². The number of benzene rings is 1. The molecule has 0 N–H and O–H groups in total. The number of rotatable bonds is 7. The van der Waals surface area contributed by atoms with Crippen molar-refractivity contribution in [3.8, 4) is 5.75 Å². The molecule has 2 aliphatic rings. The number of carbonyl (C=O) groups excluding carboxylic acids is 1. The molecule has 1 aromatic rings. The van der Waals surface area contributed by atoms with Crippen molar-refractivity contribution < 1.29 is 23.9 Å². The van der Waals surface area contributed by atoms with Gasteiger partial charge in [0.1, 0.15) is 23.0 Å². The van der Waals surface area contributed by atoms with E-state index < -0.39 is 12.1 Å². The lowest BCUT2D eigenvalue weighted by Gasteiger charge is -2.30. The normalized spacial score (nSPS) is 20.8. The quantitative estimate of drug-likeness (QED) is 0.565. The number of hydrogen-bond acceptors (Lipinski definition) is 7. The summed E-state index contributed by atoms with van der Waals surface area (Å²) in [5.41, 5.74) is 0. The van der Waals surface area contributed by atoms with Gasteiger partial charge in [-0.2, -0.15) is 0 Å². The summed E-state index contributed by atoms with van der Waals surface area (Å²) in [5, 5.41) is 2.09. The Morgan fingerprint density at radius 2 is 1.93 bits per heavy atom. The smallest absolute Gasteiger partial charge is 0.372 e. The van der Waals surface area contributed by atoms with Crippen LogP contribution in [-0.4, -0.2) is 55.0 Å². The van der Waals surface area contributed by atoms with Gasteiger partial charge in [-0.25, -0.2) is 9.63 Å². The lowest BCUT2D eigenvalue weighted by atomic mass is 10.1. The lowest BCUT2D eigenvalue weighted by molar-refractivity contribution is -0.346. The summed E-state index contributed by atoms with van der Waals surface area (Å²) in [4.78, 5) is 25.6. The van der Waals surface area contributed by atoms with Gasteiger partial charge in [0.05, 0.1) is 5.02 Å². The van der Waals surface area contributed by atoms with Gasteiger partial charge in [0.2, 0.25) is 0 Å². The zero-order valence-electron chi connectivity index (χ0n) is 17.1. The number of ether oxygens (including phenoxy) is 2. The van der Waals surface area contributed by atoms with Crippen LogP contribution in [0.1, 0.15) is 26.7 Å². The Morgan fingerprint density at radius 3 is 2.57 bits per heavy atom. The standard InChI is InChI=1S/C20H25Cl3N2O5/c1-12(2)19-18(23)20(28-14-6-8-24(3)9-7-14)25(30-19)29-17(26)11-27-16-5-4-13(21)10-15(16)22/h4-5,10,12,14,19H,6-9,11H2,1-3H3. The molecule has 1 unspecified atom stereocenters.